The van der Waals surface area contributed by atoms with Crippen LogP contribution in [0.15, 0.2) is 54.7 Å². The maximum atomic E-state index is 6.15. The number of nitrogens with zero attached hydrogens (tertiary/aromatic N) is 2. The highest BCUT2D eigenvalue weighted by atomic mass is 35.5. The summed E-state index contributed by atoms with van der Waals surface area (Å²) in [4.78, 5) is 8.56. The number of anilines is 4. The molecular formula is C16H11Cl3N4. The van der Waals surface area contributed by atoms with Gasteiger partial charge >= 0.3 is 0 Å². The standard InChI is InChI=1S/C16H11Cl3N4/c17-10-3-1-4-11(9-10)21-14-7-8-20-16(23-14)22-13-6-2-5-12(18)15(13)19/h1-9H,(H2,20,21,22,23). The van der Waals surface area contributed by atoms with Crippen molar-refractivity contribution in [3.05, 3.63) is 69.8 Å². The third-order valence-corrected chi connectivity index (χ3v) is 4.00. The fraction of sp³-hybridized carbons (Fsp3) is 0. The van der Waals surface area contributed by atoms with Crippen LogP contribution in [-0.2, 0) is 0 Å². The Bertz CT molecular complexity index is 839. The number of hydrogen-bond donors (Lipinski definition) is 2. The number of halogens is 3. The maximum absolute atomic E-state index is 6.15. The monoisotopic (exact) mass is 364 g/mol. The van der Waals surface area contributed by atoms with Crippen LogP contribution in [0.4, 0.5) is 23.1 Å². The molecule has 0 atom stereocenters. The van der Waals surface area contributed by atoms with E-state index in [4.69, 9.17) is 34.8 Å². The number of nitrogens with one attached hydrogen (secondary N) is 2. The van der Waals surface area contributed by atoms with Gasteiger partial charge in [-0.25, -0.2) is 4.98 Å². The maximum Gasteiger partial charge on any atom is 0.229 e. The van der Waals surface area contributed by atoms with Crippen molar-refractivity contribution in [1.29, 1.82) is 0 Å². The van der Waals surface area contributed by atoms with Crippen molar-refractivity contribution in [1.82, 2.24) is 9.97 Å². The van der Waals surface area contributed by atoms with Gasteiger partial charge in [0.15, 0.2) is 0 Å². The molecule has 3 aromatic rings. The summed E-state index contributed by atoms with van der Waals surface area (Å²) in [7, 11) is 0. The molecule has 4 nitrogen and oxygen atoms in total. The zero-order valence-corrected chi connectivity index (χ0v) is 14.0. The zero-order chi connectivity index (χ0) is 16.2. The number of hydrogen-bond acceptors (Lipinski definition) is 4. The van der Waals surface area contributed by atoms with Gasteiger partial charge in [0.2, 0.25) is 5.95 Å². The molecule has 0 unspecified atom stereocenters. The van der Waals surface area contributed by atoms with E-state index in [1.165, 1.54) is 0 Å². The second-order valence-electron chi connectivity index (χ2n) is 4.63. The summed E-state index contributed by atoms with van der Waals surface area (Å²) in [6, 6.07) is 14.4. The third kappa shape index (κ3) is 4.05. The smallest absolute Gasteiger partial charge is 0.229 e. The molecule has 1 aromatic heterocycles. The van der Waals surface area contributed by atoms with E-state index in [1.807, 2.05) is 18.2 Å². The zero-order valence-electron chi connectivity index (χ0n) is 11.7. The number of benzene rings is 2. The van der Waals surface area contributed by atoms with Crippen LogP contribution in [-0.4, -0.2) is 9.97 Å². The lowest BCUT2D eigenvalue weighted by molar-refractivity contribution is 1.17. The molecule has 0 bridgehead atoms. The molecule has 2 N–H and O–H groups in total. The van der Waals surface area contributed by atoms with E-state index in [0.29, 0.717) is 32.5 Å². The van der Waals surface area contributed by atoms with Crippen molar-refractivity contribution >= 4 is 57.9 Å². The summed E-state index contributed by atoms with van der Waals surface area (Å²) in [5.74, 6) is 1.03. The van der Waals surface area contributed by atoms with Gasteiger partial charge in [0.25, 0.3) is 0 Å². The van der Waals surface area contributed by atoms with Crippen LogP contribution in [0.25, 0.3) is 0 Å². The van der Waals surface area contributed by atoms with Gasteiger partial charge < -0.3 is 10.6 Å². The highest BCUT2D eigenvalue weighted by Gasteiger charge is 2.06. The van der Waals surface area contributed by atoms with E-state index in [1.54, 1.807) is 36.5 Å². The Balaban J connectivity index is 1.81. The predicted octanol–water partition coefficient (Wildman–Crippen LogP) is 5.92. The minimum absolute atomic E-state index is 0.404. The Morgan fingerprint density at radius 1 is 0.870 bits per heavy atom. The molecule has 0 aliphatic carbocycles. The third-order valence-electron chi connectivity index (χ3n) is 2.95. The van der Waals surface area contributed by atoms with Crippen LogP contribution in [0.1, 0.15) is 0 Å². The Morgan fingerprint density at radius 2 is 1.70 bits per heavy atom. The average molecular weight is 366 g/mol. The Labute approximate surface area is 148 Å². The minimum Gasteiger partial charge on any atom is -0.340 e. The number of rotatable bonds is 4. The van der Waals surface area contributed by atoms with Crippen LogP contribution in [0.3, 0.4) is 0 Å². The molecule has 0 saturated heterocycles. The van der Waals surface area contributed by atoms with E-state index in [0.717, 1.165) is 5.69 Å². The van der Waals surface area contributed by atoms with Crippen LogP contribution in [0.2, 0.25) is 15.1 Å². The second-order valence-corrected chi connectivity index (χ2v) is 5.85. The largest absolute Gasteiger partial charge is 0.340 e. The molecule has 0 fully saturated rings. The van der Waals surface area contributed by atoms with Gasteiger partial charge in [-0.05, 0) is 36.4 Å². The molecule has 0 amide bonds. The first kappa shape index (κ1) is 15.9. The van der Waals surface area contributed by atoms with Gasteiger partial charge in [0, 0.05) is 16.9 Å². The Morgan fingerprint density at radius 3 is 2.52 bits per heavy atom. The van der Waals surface area contributed by atoms with E-state index >= 15 is 0 Å². The minimum atomic E-state index is 0.404. The molecule has 3 rings (SSSR count). The molecule has 0 radical (unpaired) electrons. The lowest BCUT2D eigenvalue weighted by Crippen LogP contribution is -2.00. The molecule has 0 aliphatic rings. The summed E-state index contributed by atoms with van der Waals surface area (Å²) in [6.45, 7) is 0. The first-order valence-corrected chi connectivity index (χ1v) is 7.82. The summed E-state index contributed by atoms with van der Waals surface area (Å²) in [5, 5.41) is 7.74. The van der Waals surface area contributed by atoms with Crippen molar-refractivity contribution in [2.24, 2.45) is 0 Å². The van der Waals surface area contributed by atoms with Crippen LogP contribution < -0.4 is 10.6 Å². The van der Waals surface area contributed by atoms with Crippen molar-refractivity contribution in [2.45, 2.75) is 0 Å². The molecule has 0 spiro atoms. The highest BCUT2D eigenvalue weighted by molar-refractivity contribution is 6.43. The lowest BCUT2D eigenvalue weighted by atomic mass is 10.3. The Hall–Kier alpha value is -2.01. The van der Waals surface area contributed by atoms with Crippen molar-refractivity contribution in [2.75, 3.05) is 10.6 Å². The summed E-state index contributed by atoms with van der Waals surface area (Å²) >= 11 is 18.1. The SMILES string of the molecule is Clc1cccc(Nc2ccnc(Nc3cccc(Cl)c3Cl)n2)c1. The van der Waals surface area contributed by atoms with E-state index in [-0.39, 0.29) is 0 Å². The fourth-order valence-corrected chi connectivity index (χ4v) is 2.46. The van der Waals surface area contributed by atoms with Crippen molar-refractivity contribution in [3.8, 4) is 0 Å². The van der Waals surface area contributed by atoms with E-state index < -0.39 is 0 Å². The van der Waals surface area contributed by atoms with Gasteiger partial charge in [0.1, 0.15) is 5.82 Å². The normalized spacial score (nSPS) is 10.4. The molecule has 7 heteroatoms. The summed E-state index contributed by atoms with van der Waals surface area (Å²) in [6.07, 6.45) is 1.64. The lowest BCUT2D eigenvalue weighted by Gasteiger charge is -2.10. The van der Waals surface area contributed by atoms with Crippen LogP contribution >= 0.6 is 34.8 Å². The molecule has 116 valence electrons. The van der Waals surface area contributed by atoms with Crippen LogP contribution in [0, 0.1) is 0 Å². The van der Waals surface area contributed by atoms with Crippen molar-refractivity contribution in [3.63, 3.8) is 0 Å². The quantitative estimate of drug-likeness (QED) is 0.602. The molecular weight excluding hydrogens is 355 g/mol. The Kier molecular flexibility index (Phi) is 4.86. The van der Waals surface area contributed by atoms with Gasteiger partial charge in [-0.15, -0.1) is 0 Å². The summed E-state index contributed by atoms with van der Waals surface area (Å²) < 4.78 is 0. The fourth-order valence-electron chi connectivity index (χ4n) is 1.92. The molecule has 0 aliphatic heterocycles. The number of aromatic nitrogens is 2. The van der Waals surface area contributed by atoms with E-state index in [2.05, 4.69) is 20.6 Å². The predicted molar refractivity (Wildman–Crippen MR) is 96.5 cm³/mol. The van der Waals surface area contributed by atoms with Gasteiger partial charge in [-0.1, -0.05) is 46.9 Å². The van der Waals surface area contributed by atoms with Crippen molar-refractivity contribution < 1.29 is 0 Å². The first-order chi connectivity index (χ1) is 11.1. The first-order valence-electron chi connectivity index (χ1n) is 6.68. The topological polar surface area (TPSA) is 49.8 Å². The second kappa shape index (κ2) is 7.04. The van der Waals surface area contributed by atoms with E-state index in [9.17, 15) is 0 Å². The highest BCUT2D eigenvalue weighted by Crippen LogP contribution is 2.31. The average Bonchev–Trinajstić information content (AvgIpc) is 2.52. The summed E-state index contributed by atoms with van der Waals surface area (Å²) in [5.41, 5.74) is 1.47. The van der Waals surface area contributed by atoms with Gasteiger partial charge in [-0.2, -0.15) is 4.98 Å². The molecule has 2 aromatic carbocycles. The van der Waals surface area contributed by atoms with Crippen LogP contribution in [0.5, 0.6) is 0 Å². The van der Waals surface area contributed by atoms with Gasteiger partial charge in [-0.3, -0.25) is 0 Å². The molecule has 23 heavy (non-hydrogen) atoms. The molecule has 1 heterocycles. The molecule has 0 saturated carbocycles. The van der Waals surface area contributed by atoms with Gasteiger partial charge in [0.05, 0.1) is 15.7 Å².